The first-order valence-corrected chi connectivity index (χ1v) is 8.09. The minimum Gasteiger partial charge on any atom is -0.364 e. The molecule has 3 aromatic heterocycles. The number of fused-ring (bicyclic) bond motifs is 2. The maximum atomic E-state index is 4.55. The van der Waals surface area contributed by atoms with Gasteiger partial charge in [0.25, 0.3) is 0 Å². The van der Waals surface area contributed by atoms with Gasteiger partial charge in [-0.15, -0.1) is 11.3 Å². The molecule has 1 N–H and O–H groups in total. The van der Waals surface area contributed by atoms with E-state index in [2.05, 4.69) is 37.7 Å². The lowest BCUT2D eigenvalue weighted by atomic mass is 10.1. The number of nitrogens with zero attached hydrogens (tertiary/aromatic N) is 5. The van der Waals surface area contributed by atoms with Gasteiger partial charge in [-0.3, -0.25) is 0 Å². The van der Waals surface area contributed by atoms with Crippen molar-refractivity contribution in [3.8, 4) is 0 Å². The lowest BCUT2D eigenvalue weighted by Gasteiger charge is -2.24. The van der Waals surface area contributed by atoms with Crippen LogP contribution in [-0.4, -0.2) is 30.8 Å². The maximum Gasteiger partial charge on any atom is 0.150 e. The predicted molar refractivity (Wildman–Crippen MR) is 82.5 cm³/mol. The number of nitrogens with one attached hydrogen (secondary N) is 1. The van der Waals surface area contributed by atoms with Crippen molar-refractivity contribution in [2.75, 3.05) is 5.32 Å². The summed E-state index contributed by atoms with van der Waals surface area (Å²) in [7, 11) is 0. The molecule has 0 aliphatic carbocycles. The summed E-state index contributed by atoms with van der Waals surface area (Å²) in [5.41, 5.74) is 1.00. The van der Waals surface area contributed by atoms with Crippen LogP contribution in [0.4, 0.5) is 5.82 Å². The van der Waals surface area contributed by atoms with E-state index in [0.29, 0.717) is 6.04 Å². The van der Waals surface area contributed by atoms with Gasteiger partial charge in [-0.25, -0.2) is 19.6 Å². The third-order valence-corrected chi connectivity index (χ3v) is 4.71. The summed E-state index contributed by atoms with van der Waals surface area (Å²) in [6.07, 6.45) is 4.53. The molecule has 6 nitrogen and oxygen atoms in total. The largest absolute Gasteiger partial charge is 0.364 e. The quantitative estimate of drug-likeness (QED) is 0.803. The van der Waals surface area contributed by atoms with Crippen molar-refractivity contribution in [3.63, 3.8) is 0 Å². The molecule has 0 bridgehead atoms. The highest BCUT2D eigenvalue weighted by Crippen LogP contribution is 2.26. The van der Waals surface area contributed by atoms with Crippen LogP contribution in [0.5, 0.6) is 0 Å². The van der Waals surface area contributed by atoms with Crippen LogP contribution in [0.15, 0.2) is 17.8 Å². The van der Waals surface area contributed by atoms with E-state index in [0.717, 1.165) is 53.5 Å². The smallest absolute Gasteiger partial charge is 0.150 e. The summed E-state index contributed by atoms with van der Waals surface area (Å²) in [6.45, 7) is 2.94. The monoisotopic (exact) mass is 300 g/mol. The van der Waals surface area contributed by atoms with Gasteiger partial charge >= 0.3 is 0 Å². The lowest BCUT2D eigenvalue weighted by molar-refractivity contribution is 0.440. The highest BCUT2D eigenvalue weighted by atomic mass is 32.1. The van der Waals surface area contributed by atoms with Crippen LogP contribution in [0.25, 0.3) is 10.2 Å². The van der Waals surface area contributed by atoms with E-state index < -0.39 is 0 Å². The van der Waals surface area contributed by atoms with E-state index >= 15 is 0 Å². The van der Waals surface area contributed by atoms with Crippen molar-refractivity contribution in [2.45, 2.75) is 38.8 Å². The normalized spacial score (nSPS) is 17.9. The highest BCUT2D eigenvalue weighted by Gasteiger charge is 2.22. The number of aromatic nitrogens is 5. The van der Waals surface area contributed by atoms with Crippen LogP contribution < -0.4 is 5.32 Å². The Morgan fingerprint density at radius 2 is 2.38 bits per heavy atom. The molecule has 1 aliphatic rings. The summed E-state index contributed by atoms with van der Waals surface area (Å²) in [5.74, 6) is 2.97. The van der Waals surface area contributed by atoms with E-state index in [1.54, 1.807) is 17.7 Å². The van der Waals surface area contributed by atoms with Crippen LogP contribution in [-0.2, 0) is 19.4 Å². The summed E-state index contributed by atoms with van der Waals surface area (Å²) in [5, 5.41) is 10.1. The fourth-order valence-electron chi connectivity index (χ4n) is 2.71. The van der Waals surface area contributed by atoms with Crippen molar-refractivity contribution in [3.05, 3.63) is 29.4 Å². The van der Waals surface area contributed by atoms with Crippen molar-refractivity contribution < 1.29 is 0 Å². The van der Waals surface area contributed by atoms with Crippen molar-refractivity contribution in [1.29, 1.82) is 0 Å². The molecule has 7 heteroatoms. The average molecular weight is 300 g/mol. The first-order chi connectivity index (χ1) is 10.3. The molecule has 1 aliphatic heterocycles. The summed E-state index contributed by atoms with van der Waals surface area (Å²) in [6, 6.07) is 2.36. The standard InChI is InChI=1S/C14H16N6S/c1-2-11-18-12-4-3-9(7-20(12)19-11)17-14-13-10(5-6-21-13)15-8-16-14/h5-6,8-9H,2-4,7H2,1H3,(H,15,16,17)/t9-/m0/s1. The van der Waals surface area contributed by atoms with E-state index in [9.17, 15) is 0 Å². The zero-order valence-electron chi connectivity index (χ0n) is 11.8. The van der Waals surface area contributed by atoms with Gasteiger partial charge < -0.3 is 5.32 Å². The molecular formula is C14H16N6S. The Balaban J connectivity index is 1.57. The third kappa shape index (κ3) is 2.27. The number of anilines is 1. The number of thiophene rings is 1. The number of aryl methyl sites for hydroxylation is 2. The van der Waals surface area contributed by atoms with Gasteiger partial charge in [0.1, 0.15) is 18.0 Å². The molecule has 21 heavy (non-hydrogen) atoms. The zero-order valence-corrected chi connectivity index (χ0v) is 12.6. The molecule has 108 valence electrons. The van der Waals surface area contributed by atoms with Gasteiger partial charge in [0.05, 0.1) is 16.8 Å². The Morgan fingerprint density at radius 1 is 1.43 bits per heavy atom. The Hall–Kier alpha value is -2.02. The second-order valence-corrected chi connectivity index (χ2v) is 6.13. The van der Waals surface area contributed by atoms with Crippen LogP contribution in [0.3, 0.4) is 0 Å². The molecule has 0 unspecified atom stereocenters. The molecular weight excluding hydrogens is 284 g/mol. The minimum absolute atomic E-state index is 0.337. The Morgan fingerprint density at radius 3 is 3.29 bits per heavy atom. The topological polar surface area (TPSA) is 68.5 Å². The van der Waals surface area contributed by atoms with E-state index in [1.807, 2.05) is 10.7 Å². The fourth-order valence-corrected chi connectivity index (χ4v) is 3.51. The van der Waals surface area contributed by atoms with Crippen molar-refractivity contribution in [2.24, 2.45) is 0 Å². The molecule has 0 saturated heterocycles. The molecule has 3 aromatic rings. The first-order valence-electron chi connectivity index (χ1n) is 7.21. The Bertz CT molecular complexity index is 777. The van der Waals surface area contributed by atoms with Gasteiger partial charge in [0, 0.05) is 18.9 Å². The zero-order chi connectivity index (χ0) is 14.2. The van der Waals surface area contributed by atoms with Gasteiger partial charge in [0.2, 0.25) is 0 Å². The molecule has 4 heterocycles. The van der Waals surface area contributed by atoms with Gasteiger partial charge in [-0.1, -0.05) is 6.92 Å². The molecule has 1 atom stereocenters. The van der Waals surface area contributed by atoms with Gasteiger partial charge in [-0.05, 0) is 17.9 Å². The maximum absolute atomic E-state index is 4.55. The molecule has 0 fully saturated rings. The van der Waals surface area contributed by atoms with Crippen molar-refractivity contribution >= 4 is 27.4 Å². The van der Waals surface area contributed by atoms with Crippen LogP contribution in [0.2, 0.25) is 0 Å². The van der Waals surface area contributed by atoms with Gasteiger partial charge in [-0.2, -0.15) is 5.10 Å². The Labute approximate surface area is 126 Å². The number of hydrogen-bond donors (Lipinski definition) is 1. The van der Waals surface area contributed by atoms with Crippen molar-refractivity contribution in [1.82, 2.24) is 24.7 Å². The van der Waals surface area contributed by atoms with Gasteiger partial charge in [0.15, 0.2) is 5.82 Å². The van der Waals surface area contributed by atoms with Crippen LogP contribution >= 0.6 is 11.3 Å². The molecule has 0 amide bonds. The summed E-state index contributed by atoms with van der Waals surface area (Å²) in [4.78, 5) is 13.2. The number of rotatable bonds is 3. The second-order valence-electron chi connectivity index (χ2n) is 5.22. The minimum atomic E-state index is 0.337. The summed E-state index contributed by atoms with van der Waals surface area (Å²) < 4.78 is 3.16. The van der Waals surface area contributed by atoms with Crippen LogP contribution in [0, 0.1) is 0 Å². The molecule has 0 spiro atoms. The highest BCUT2D eigenvalue weighted by molar-refractivity contribution is 7.17. The Kier molecular flexibility index (Phi) is 3.07. The molecule has 4 rings (SSSR count). The summed E-state index contributed by atoms with van der Waals surface area (Å²) >= 11 is 1.67. The number of hydrogen-bond acceptors (Lipinski definition) is 6. The van der Waals surface area contributed by atoms with Crippen LogP contribution in [0.1, 0.15) is 25.0 Å². The second kappa shape index (κ2) is 5.07. The molecule has 0 saturated carbocycles. The molecule has 0 radical (unpaired) electrons. The fraction of sp³-hybridized carbons (Fsp3) is 0.429. The van der Waals surface area contributed by atoms with E-state index in [1.165, 1.54) is 0 Å². The van der Waals surface area contributed by atoms with E-state index in [4.69, 9.17) is 0 Å². The first kappa shape index (κ1) is 12.7. The predicted octanol–water partition coefficient (Wildman–Crippen LogP) is 2.27. The average Bonchev–Trinajstić information content (AvgIpc) is 3.13. The lowest BCUT2D eigenvalue weighted by Crippen LogP contribution is -2.32. The SMILES string of the molecule is CCc1nc2n(n1)C[C@@H](Nc1ncnc3ccsc13)CC2. The van der Waals surface area contributed by atoms with E-state index in [-0.39, 0.29) is 0 Å². The molecule has 0 aromatic carbocycles. The third-order valence-electron chi connectivity index (χ3n) is 3.80.